The van der Waals surface area contributed by atoms with Crippen LogP contribution in [-0.4, -0.2) is 20.9 Å². The number of hydrogen-bond acceptors (Lipinski definition) is 3. The summed E-state index contributed by atoms with van der Waals surface area (Å²) in [6, 6.07) is 18.6. The fraction of sp³-hybridized carbons (Fsp3) is 0.269. The molecule has 0 unspecified atom stereocenters. The second kappa shape index (κ2) is 8.43. The molecule has 0 spiro atoms. The van der Waals surface area contributed by atoms with Gasteiger partial charge in [-0.2, -0.15) is 0 Å². The topological polar surface area (TPSA) is 66.5 Å². The van der Waals surface area contributed by atoms with Gasteiger partial charge in [-0.3, -0.25) is 9.10 Å². The number of nitrogens with zero attached hydrogens (tertiary/aromatic N) is 1. The van der Waals surface area contributed by atoms with Crippen LogP contribution >= 0.6 is 0 Å². The molecule has 1 heterocycles. The lowest BCUT2D eigenvalue weighted by atomic mass is 9.99. The monoisotopic (exact) mass is 448 g/mol. The lowest BCUT2D eigenvalue weighted by Gasteiger charge is -2.32. The number of benzene rings is 3. The minimum absolute atomic E-state index is 0.232. The molecule has 1 amide bonds. The van der Waals surface area contributed by atoms with E-state index in [2.05, 4.69) is 18.3 Å². The fourth-order valence-corrected chi connectivity index (χ4v) is 5.75. The average Bonchev–Trinajstić information content (AvgIpc) is 2.78. The molecular formula is C26H28N2O3S. The van der Waals surface area contributed by atoms with Gasteiger partial charge in [-0.25, -0.2) is 8.42 Å². The quantitative estimate of drug-likeness (QED) is 0.603. The summed E-state index contributed by atoms with van der Waals surface area (Å²) >= 11 is 0. The fourth-order valence-electron chi connectivity index (χ4n) is 4.10. The number of aryl methyl sites for hydroxylation is 3. The van der Waals surface area contributed by atoms with Crippen molar-refractivity contribution in [1.29, 1.82) is 0 Å². The number of sulfonamides is 1. The second-order valence-electron chi connectivity index (χ2n) is 8.35. The Morgan fingerprint density at radius 1 is 0.969 bits per heavy atom. The van der Waals surface area contributed by atoms with Crippen molar-refractivity contribution in [2.24, 2.45) is 0 Å². The van der Waals surface area contributed by atoms with Crippen molar-refractivity contribution in [2.75, 3.05) is 10.8 Å². The largest absolute Gasteiger partial charge is 0.348 e. The zero-order valence-corrected chi connectivity index (χ0v) is 19.7. The van der Waals surface area contributed by atoms with Gasteiger partial charge in [0.15, 0.2) is 0 Å². The number of carbonyl (C=O) groups is 1. The second-order valence-corrected chi connectivity index (χ2v) is 10.2. The third-order valence-electron chi connectivity index (χ3n) is 6.18. The van der Waals surface area contributed by atoms with Gasteiger partial charge in [0.1, 0.15) is 6.54 Å². The average molecular weight is 449 g/mol. The van der Waals surface area contributed by atoms with Crippen molar-refractivity contribution in [2.45, 2.75) is 45.1 Å². The normalized spacial score (nSPS) is 14.9. The number of fused-ring (bicyclic) bond motifs is 3. The van der Waals surface area contributed by atoms with Crippen molar-refractivity contribution < 1.29 is 13.2 Å². The first-order chi connectivity index (χ1) is 15.2. The van der Waals surface area contributed by atoms with E-state index < -0.39 is 10.0 Å². The molecule has 0 bridgehead atoms. The van der Waals surface area contributed by atoms with Crippen LogP contribution in [0.1, 0.15) is 42.1 Å². The van der Waals surface area contributed by atoms with Crippen molar-refractivity contribution in [3.8, 4) is 11.1 Å². The van der Waals surface area contributed by atoms with E-state index >= 15 is 0 Å². The highest BCUT2D eigenvalue weighted by Gasteiger charge is 2.36. The van der Waals surface area contributed by atoms with Gasteiger partial charge in [-0.05, 0) is 67.6 Å². The summed E-state index contributed by atoms with van der Waals surface area (Å²) in [7, 11) is -3.85. The van der Waals surface area contributed by atoms with E-state index in [-0.39, 0.29) is 23.4 Å². The molecular weight excluding hydrogens is 420 g/mol. The Hall–Kier alpha value is -3.12. The SMILES string of the molecule is CCc1ccc2c(c1)-c1ccccc1S(=O)(=O)N2CC(=O)N[C@@H](C)c1ccc(C)c(C)c1. The van der Waals surface area contributed by atoms with Gasteiger partial charge < -0.3 is 5.32 Å². The molecule has 1 aliphatic rings. The predicted molar refractivity (Wildman–Crippen MR) is 128 cm³/mol. The first kappa shape index (κ1) is 22.1. The van der Waals surface area contributed by atoms with E-state index in [9.17, 15) is 13.2 Å². The van der Waals surface area contributed by atoms with Crippen LogP contribution in [0, 0.1) is 13.8 Å². The van der Waals surface area contributed by atoms with E-state index in [1.54, 1.807) is 12.1 Å². The zero-order valence-electron chi connectivity index (χ0n) is 18.8. The minimum atomic E-state index is -3.85. The first-order valence-electron chi connectivity index (χ1n) is 10.8. The Morgan fingerprint density at radius 3 is 2.44 bits per heavy atom. The molecule has 6 heteroatoms. The van der Waals surface area contributed by atoms with E-state index in [0.717, 1.165) is 28.7 Å². The lowest BCUT2D eigenvalue weighted by Crippen LogP contribution is -2.43. The van der Waals surface area contributed by atoms with Crippen molar-refractivity contribution >= 4 is 21.6 Å². The van der Waals surface area contributed by atoms with Crippen LogP contribution in [0.15, 0.2) is 65.6 Å². The number of hydrogen-bond donors (Lipinski definition) is 1. The highest BCUT2D eigenvalue weighted by atomic mass is 32.2. The summed E-state index contributed by atoms with van der Waals surface area (Å²) in [5.41, 5.74) is 6.50. The van der Waals surface area contributed by atoms with Crippen molar-refractivity contribution in [3.63, 3.8) is 0 Å². The number of nitrogens with one attached hydrogen (secondary N) is 1. The Bertz CT molecular complexity index is 1300. The molecule has 1 N–H and O–H groups in total. The molecule has 3 aromatic rings. The van der Waals surface area contributed by atoms with E-state index in [1.807, 2.05) is 63.2 Å². The van der Waals surface area contributed by atoms with Gasteiger partial charge in [-0.1, -0.05) is 49.4 Å². The van der Waals surface area contributed by atoms with Gasteiger partial charge in [0, 0.05) is 11.1 Å². The number of amides is 1. The zero-order chi connectivity index (χ0) is 23.0. The van der Waals surface area contributed by atoms with E-state index in [0.29, 0.717) is 11.3 Å². The highest BCUT2D eigenvalue weighted by Crippen LogP contribution is 2.43. The maximum Gasteiger partial charge on any atom is 0.265 e. The van der Waals surface area contributed by atoms with Crippen LogP contribution in [0.2, 0.25) is 0 Å². The number of anilines is 1. The van der Waals surface area contributed by atoms with Crippen LogP contribution in [0.5, 0.6) is 0 Å². The highest BCUT2D eigenvalue weighted by molar-refractivity contribution is 7.93. The van der Waals surface area contributed by atoms with E-state index in [1.165, 1.54) is 9.87 Å². The molecule has 0 aromatic heterocycles. The molecule has 0 fully saturated rings. The lowest BCUT2D eigenvalue weighted by molar-refractivity contribution is -0.120. The van der Waals surface area contributed by atoms with Gasteiger partial charge >= 0.3 is 0 Å². The van der Waals surface area contributed by atoms with Crippen LogP contribution in [0.25, 0.3) is 11.1 Å². The summed E-state index contributed by atoms with van der Waals surface area (Å²) in [4.78, 5) is 13.2. The number of rotatable bonds is 5. The van der Waals surface area contributed by atoms with Gasteiger partial charge in [0.25, 0.3) is 10.0 Å². The first-order valence-corrected chi connectivity index (χ1v) is 12.3. The molecule has 3 aromatic carbocycles. The molecule has 4 rings (SSSR count). The molecule has 5 nitrogen and oxygen atoms in total. The Balaban J connectivity index is 1.66. The van der Waals surface area contributed by atoms with Crippen molar-refractivity contribution in [1.82, 2.24) is 5.32 Å². The predicted octanol–water partition coefficient (Wildman–Crippen LogP) is 4.92. The summed E-state index contributed by atoms with van der Waals surface area (Å²) in [6.45, 7) is 7.77. The van der Waals surface area contributed by atoms with Gasteiger partial charge in [-0.15, -0.1) is 0 Å². The Labute approximate surface area is 190 Å². The standard InChI is InChI=1S/C26H28N2O3S/c1-5-20-11-13-24-23(15-20)22-8-6-7-9-25(22)32(30,31)28(24)16-26(29)27-19(4)21-12-10-17(2)18(3)14-21/h6-15,19H,5,16H2,1-4H3,(H,27,29)/t19-/m0/s1. The summed E-state index contributed by atoms with van der Waals surface area (Å²) < 4.78 is 28.1. The number of carbonyl (C=O) groups excluding carboxylic acids is 1. The van der Waals surface area contributed by atoms with Gasteiger partial charge in [0.2, 0.25) is 5.91 Å². The van der Waals surface area contributed by atoms with E-state index in [4.69, 9.17) is 0 Å². The summed E-state index contributed by atoms with van der Waals surface area (Å²) in [6.07, 6.45) is 0.843. The van der Waals surface area contributed by atoms with Crippen LogP contribution in [-0.2, 0) is 21.2 Å². The maximum absolute atomic E-state index is 13.4. The third-order valence-corrected chi connectivity index (χ3v) is 8.00. The molecule has 0 saturated heterocycles. The smallest absolute Gasteiger partial charge is 0.265 e. The van der Waals surface area contributed by atoms with Crippen LogP contribution in [0.4, 0.5) is 5.69 Å². The molecule has 0 radical (unpaired) electrons. The van der Waals surface area contributed by atoms with Crippen molar-refractivity contribution in [3.05, 3.63) is 82.9 Å². The molecule has 166 valence electrons. The van der Waals surface area contributed by atoms with Crippen LogP contribution in [0.3, 0.4) is 0 Å². The van der Waals surface area contributed by atoms with Crippen LogP contribution < -0.4 is 9.62 Å². The Morgan fingerprint density at radius 2 is 1.72 bits per heavy atom. The molecule has 0 aliphatic carbocycles. The molecule has 1 aliphatic heterocycles. The summed E-state index contributed by atoms with van der Waals surface area (Å²) in [5.74, 6) is -0.343. The summed E-state index contributed by atoms with van der Waals surface area (Å²) in [5, 5.41) is 2.96. The maximum atomic E-state index is 13.4. The minimum Gasteiger partial charge on any atom is -0.348 e. The molecule has 32 heavy (non-hydrogen) atoms. The van der Waals surface area contributed by atoms with Gasteiger partial charge in [0.05, 0.1) is 16.6 Å². The molecule has 1 atom stereocenters. The third kappa shape index (κ3) is 3.91. The Kier molecular flexibility index (Phi) is 5.82. The molecule has 0 saturated carbocycles.